The molecule has 2 aromatic carbocycles. The number of benzene rings is 2. The summed E-state index contributed by atoms with van der Waals surface area (Å²) in [7, 11) is 0. The van der Waals surface area contributed by atoms with Gasteiger partial charge in [-0.2, -0.15) is 0 Å². The van der Waals surface area contributed by atoms with Crippen LogP contribution in [0.5, 0.6) is 0 Å². The molecule has 106 valence electrons. The second-order valence-corrected chi connectivity index (χ2v) is 4.94. The minimum absolute atomic E-state index is 0.141. The van der Waals surface area contributed by atoms with Crippen molar-refractivity contribution in [3.63, 3.8) is 0 Å². The number of fused-ring (bicyclic) bond motifs is 1. The fourth-order valence-corrected chi connectivity index (χ4v) is 2.14. The summed E-state index contributed by atoms with van der Waals surface area (Å²) in [5.41, 5.74) is 12.1. The second kappa shape index (κ2) is 7.03. The zero-order valence-corrected chi connectivity index (χ0v) is 11.5. The Morgan fingerprint density at radius 3 is 2.60 bits per heavy atom. The van der Waals surface area contributed by atoms with Crippen LogP contribution in [0.25, 0.3) is 10.8 Å². The van der Waals surface area contributed by atoms with Gasteiger partial charge in [0, 0.05) is 5.69 Å². The lowest BCUT2D eigenvalue weighted by atomic mass is 10.1. The molecule has 0 saturated carbocycles. The molecule has 0 saturated heterocycles. The van der Waals surface area contributed by atoms with Gasteiger partial charge in [-0.25, -0.2) is 0 Å². The van der Waals surface area contributed by atoms with Crippen LogP contribution in [0.2, 0.25) is 0 Å². The summed E-state index contributed by atoms with van der Waals surface area (Å²) < 4.78 is 0. The SMILES string of the molecule is NCCCCC(N)C(=O)Nc1ccc2ccccc2c1. The van der Waals surface area contributed by atoms with Gasteiger partial charge in [0.15, 0.2) is 0 Å². The average Bonchev–Trinajstić information content (AvgIpc) is 2.47. The summed E-state index contributed by atoms with van der Waals surface area (Å²) in [4.78, 5) is 12.0. The minimum Gasteiger partial charge on any atom is -0.330 e. The Bertz CT molecular complexity index is 583. The van der Waals surface area contributed by atoms with E-state index < -0.39 is 6.04 Å². The number of carbonyl (C=O) groups is 1. The molecule has 0 radical (unpaired) electrons. The Kier molecular flexibility index (Phi) is 5.09. The molecule has 0 fully saturated rings. The lowest BCUT2D eigenvalue weighted by Crippen LogP contribution is -2.35. The molecule has 5 N–H and O–H groups in total. The molecule has 0 aliphatic heterocycles. The standard InChI is InChI=1S/C16H21N3O/c17-10-4-3-7-15(18)16(20)19-14-9-8-12-5-1-2-6-13(12)11-14/h1-2,5-6,8-9,11,15H,3-4,7,10,17-18H2,(H,19,20). The Morgan fingerprint density at radius 2 is 1.85 bits per heavy atom. The highest BCUT2D eigenvalue weighted by atomic mass is 16.2. The van der Waals surface area contributed by atoms with Gasteiger partial charge in [0.25, 0.3) is 0 Å². The lowest BCUT2D eigenvalue weighted by molar-refractivity contribution is -0.117. The third-order valence-corrected chi connectivity index (χ3v) is 3.32. The van der Waals surface area contributed by atoms with Gasteiger partial charge in [0.2, 0.25) is 5.91 Å². The third kappa shape index (κ3) is 3.79. The maximum absolute atomic E-state index is 12.0. The van der Waals surface area contributed by atoms with E-state index in [0.717, 1.165) is 29.3 Å². The number of carbonyl (C=O) groups excluding carboxylic acids is 1. The average molecular weight is 271 g/mol. The molecule has 0 aliphatic carbocycles. The monoisotopic (exact) mass is 271 g/mol. The van der Waals surface area contributed by atoms with Crippen molar-refractivity contribution in [3.8, 4) is 0 Å². The number of amides is 1. The molecule has 2 aromatic rings. The van der Waals surface area contributed by atoms with Crippen LogP contribution in [-0.4, -0.2) is 18.5 Å². The maximum Gasteiger partial charge on any atom is 0.241 e. The van der Waals surface area contributed by atoms with Gasteiger partial charge in [0.05, 0.1) is 6.04 Å². The molecule has 2 rings (SSSR count). The second-order valence-electron chi connectivity index (χ2n) is 4.94. The normalized spacial score (nSPS) is 12.3. The molecule has 0 aromatic heterocycles. The molecule has 0 heterocycles. The molecular formula is C16H21N3O. The van der Waals surface area contributed by atoms with Crippen molar-refractivity contribution in [2.45, 2.75) is 25.3 Å². The first-order valence-corrected chi connectivity index (χ1v) is 6.96. The first kappa shape index (κ1) is 14.5. The summed E-state index contributed by atoms with van der Waals surface area (Å²) in [6.07, 6.45) is 2.44. The Morgan fingerprint density at radius 1 is 1.10 bits per heavy atom. The fourth-order valence-electron chi connectivity index (χ4n) is 2.14. The van der Waals surface area contributed by atoms with Crippen molar-refractivity contribution < 1.29 is 4.79 Å². The smallest absolute Gasteiger partial charge is 0.241 e. The maximum atomic E-state index is 12.0. The first-order chi connectivity index (χ1) is 9.70. The van der Waals surface area contributed by atoms with E-state index in [9.17, 15) is 4.79 Å². The first-order valence-electron chi connectivity index (χ1n) is 6.96. The van der Waals surface area contributed by atoms with Crippen LogP contribution in [0, 0.1) is 0 Å². The Balaban J connectivity index is 1.98. The van der Waals surface area contributed by atoms with Crippen molar-refractivity contribution in [1.82, 2.24) is 0 Å². The Labute approximate surface area is 119 Å². The van der Waals surface area contributed by atoms with Gasteiger partial charge >= 0.3 is 0 Å². The van der Waals surface area contributed by atoms with Gasteiger partial charge in [-0.05, 0) is 42.3 Å². The van der Waals surface area contributed by atoms with Crippen molar-refractivity contribution in [1.29, 1.82) is 0 Å². The quantitative estimate of drug-likeness (QED) is 0.705. The van der Waals surface area contributed by atoms with Gasteiger partial charge in [-0.15, -0.1) is 0 Å². The highest BCUT2D eigenvalue weighted by molar-refractivity contribution is 5.97. The van der Waals surface area contributed by atoms with Crippen LogP contribution in [0.1, 0.15) is 19.3 Å². The van der Waals surface area contributed by atoms with Gasteiger partial charge in [-0.3, -0.25) is 4.79 Å². The number of nitrogens with two attached hydrogens (primary N) is 2. The highest BCUT2D eigenvalue weighted by Gasteiger charge is 2.13. The molecule has 0 bridgehead atoms. The topological polar surface area (TPSA) is 81.1 Å². The summed E-state index contributed by atoms with van der Waals surface area (Å²) in [6.45, 7) is 0.638. The number of hydrogen-bond acceptors (Lipinski definition) is 3. The molecule has 1 atom stereocenters. The van der Waals surface area contributed by atoms with Crippen LogP contribution in [-0.2, 0) is 4.79 Å². The summed E-state index contributed by atoms with van der Waals surface area (Å²) >= 11 is 0. The van der Waals surface area contributed by atoms with E-state index >= 15 is 0 Å². The number of unbranched alkanes of at least 4 members (excludes halogenated alkanes) is 1. The molecular weight excluding hydrogens is 250 g/mol. The van der Waals surface area contributed by atoms with E-state index in [4.69, 9.17) is 11.5 Å². The fraction of sp³-hybridized carbons (Fsp3) is 0.312. The molecule has 1 unspecified atom stereocenters. The lowest BCUT2D eigenvalue weighted by Gasteiger charge is -2.12. The van der Waals surface area contributed by atoms with Crippen molar-refractivity contribution in [2.24, 2.45) is 11.5 Å². The molecule has 4 heteroatoms. The zero-order valence-electron chi connectivity index (χ0n) is 11.5. The van der Waals surface area contributed by atoms with Crippen molar-refractivity contribution in [2.75, 3.05) is 11.9 Å². The van der Waals surface area contributed by atoms with E-state index in [2.05, 4.69) is 5.32 Å². The van der Waals surface area contributed by atoms with E-state index in [0.29, 0.717) is 13.0 Å². The predicted octanol–water partition coefficient (Wildman–Crippen LogP) is 2.23. The van der Waals surface area contributed by atoms with Gasteiger partial charge in [-0.1, -0.05) is 36.8 Å². The summed E-state index contributed by atoms with van der Waals surface area (Å²) in [5.74, 6) is -0.141. The van der Waals surface area contributed by atoms with Gasteiger partial charge < -0.3 is 16.8 Å². The van der Waals surface area contributed by atoms with Gasteiger partial charge in [0.1, 0.15) is 0 Å². The third-order valence-electron chi connectivity index (χ3n) is 3.32. The predicted molar refractivity (Wildman–Crippen MR) is 83.5 cm³/mol. The number of nitrogens with one attached hydrogen (secondary N) is 1. The van der Waals surface area contributed by atoms with Crippen molar-refractivity contribution in [3.05, 3.63) is 42.5 Å². The van der Waals surface area contributed by atoms with Crippen LogP contribution in [0.15, 0.2) is 42.5 Å². The molecule has 0 spiro atoms. The van der Waals surface area contributed by atoms with Crippen LogP contribution >= 0.6 is 0 Å². The number of anilines is 1. The number of rotatable bonds is 6. The summed E-state index contributed by atoms with van der Waals surface area (Å²) in [6, 6.07) is 13.4. The van der Waals surface area contributed by atoms with E-state index in [-0.39, 0.29) is 5.91 Å². The largest absolute Gasteiger partial charge is 0.330 e. The highest BCUT2D eigenvalue weighted by Crippen LogP contribution is 2.19. The van der Waals surface area contributed by atoms with E-state index in [1.807, 2.05) is 42.5 Å². The molecule has 20 heavy (non-hydrogen) atoms. The molecule has 0 aliphatic rings. The minimum atomic E-state index is -0.479. The number of hydrogen-bond donors (Lipinski definition) is 3. The summed E-state index contributed by atoms with van der Waals surface area (Å²) in [5, 5.41) is 5.12. The van der Waals surface area contributed by atoms with E-state index in [1.54, 1.807) is 0 Å². The van der Waals surface area contributed by atoms with Crippen LogP contribution in [0.4, 0.5) is 5.69 Å². The van der Waals surface area contributed by atoms with Crippen molar-refractivity contribution >= 4 is 22.4 Å². The molecule has 1 amide bonds. The van der Waals surface area contributed by atoms with E-state index in [1.165, 1.54) is 0 Å². The van der Waals surface area contributed by atoms with Crippen LogP contribution < -0.4 is 16.8 Å². The Hall–Kier alpha value is -1.91. The van der Waals surface area contributed by atoms with Crippen LogP contribution in [0.3, 0.4) is 0 Å². The molecule has 4 nitrogen and oxygen atoms in total. The zero-order chi connectivity index (χ0) is 14.4.